The number of hydrogen-bond acceptors (Lipinski definition) is 5. The number of aromatic nitrogens is 3. The molecule has 0 radical (unpaired) electrons. The molecule has 0 saturated heterocycles. The molecule has 134 valence electrons. The Bertz CT molecular complexity index is 1070. The van der Waals surface area contributed by atoms with Crippen molar-refractivity contribution in [3.63, 3.8) is 0 Å². The smallest absolute Gasteiger partial charge is 0.259 e. The predicted molar refractivity (Wildman–Crippen MR) is 107 cm³/mol. The van der Waals surface area contributed by atoms with Gasteiger partial charge in [0.15, 0.2) is 11.0 Å². The molecule has 1 N–H and O–H groups in total. The number of thiazole rings is 1. The van der Waals surface area contributed by atoms with Crippen LogP contribution in [-0.2, 0) is 4.79 Å². The second-order valence-corrected chi connectivity index (χ2v) is 6.94. The maximum absolute atomic E-state index is 12.3. The molecule has 3 aromatic rings. The summed E-state index contributed by atoms with van der Waals surface area (Å²) in [6.45, 7) is 5.82. The third-order valence-electron chi connectivity index (χ3n) is 3.88. The first-order chi connectivity index (χ1) is 12.4. The Morgan fingerprint density at radius 1 is 1.38 bits per heavy atom. The highest BCUT2D eigenvalue weighted by Crippen LogP contribution is 2.25. The van der Waals surface area contributed by atoms with Crippen LogP contribution < -0.4 is 10.5 Å². The summed E-state index contributed by atoms with van der Waals surface area (Å²) in [7, 11) is 0. The molecule has 2 heterocycles. The summed E-state index contributed by atoms with van der Waals surface area (Å²) in [5.74, 6) is 0.214. The van der Waals surface area contributed by atoms with E-state index in [1.54, 1.807) is 22.4 Å². The number of fused-ring (bicyclic) bond motifs is 1. The number of benzene rings is 1. The van der Waals surface area contributed by atoms with Crippen molar-refractivity contribution >= 4 is 56.0 Å². The summed E-state index contributed by atoms with van der Waals surface area (Å²) in [5.41, 5.74) is 1.87. The number of nitrogens with zero attached hydrogens (tertiary/aromatic N) is 3. The van der Waals surface area contributed by atoms with Crippen molar-refractivity contribution in [2.24, 2.45) is 0 Å². The van der Waals surface area contributed by atoms with Crippen molar-refractivity contribution in [3.05, 3.63) is 51.0 Å². The van der Waals surface area contributed by atoms with Gasteiger partial charge in [-0.2, -0.15) is 0 Å². The minimum absolute atomic E-state index is 0.0699. The number of carbonyl (C=O) groups is 1. The molecule has 2 aromatic heterocycles. The van der Waals surface area contributed by atoms with E-state index in [-0.39, 0.29) is 22.3 Å². The van der Waals surface area contributed by atoms with Crippen LogP contribution in [-0.4, -0.2) is 27.4 Å². The van der Waals surface area contributed by atoms with E-state index in [4.69, 9.17) is 11.6 Å². The number of H-pyrrole nitrogens is 1. The third kappa shape index (κ3) is 3.54. The van der Waals surface area contributed by atoms with Gasteiger partial charge in [-0.05, 0) is 31.6 Å². The highest BCUT2D eigenvalue weighted by atomic mass is 35.5. The van der Waals surface area contributed by atoms with Gasteiger partial charge in [-0.25, -0.2) is 9.97 Å². The number of hydrogen-bond donors (Lipinski definition) is 1. The number of halogens is 1. The molecule has 0 aliphatic carbocycles. The fraction of sp³-hybridized carbons (Fsp3) is 0.222. The average molecular weight is 389 g/mol. The molecular weight excluding hydrogens is 372 g/mol. The molecule has 0 aliphatic rings. The third-order valence-corrected chi connectivity index (χ3v) is 5.05. The highest BCUT2D eigenvalue weighted by molar-refractivity contribution is 7.14. The lowest BCUT2D eigenvalue weighted by molar-refractivity contribution is -0.116. The second kappa shape index (κ2) is 7.39. The molecule has 1 aromatic carbocycles. The topological polar surface area (TPSA) is 79.0 Å². The van der Waals surface area contributed by atoms with E-state index < -0.39 is 0 Å². The zero-order valence-corrected chi connectivity index (χ0v) is 16.1. The van der Waals surface area contributed by atoms with Crippen LogP contribution in [0.1, 0.15) is 30.9 Å². The van der Waals surface area contributed by atoms with Crippen LogP contribution in [0, 0.1) is 6.92 Å². The van der Waals surface area contributed by atoms with Gasteiger partial charge < -0.3 is 4.98 Å². The number of anilines is 1. The summed E-state index contributed by atoms with van der Waals surface area (Å²) in [5, 5.41) is 3.20. The van der Waals surface area contributed by atoms with Crippen LogP contribution in [0.5, 0.6) is 0 Å². The summed E-state index contributed by atoms with van der Waals surface area (Å²) >= 11 is 7.72. The first kappa shape index (κ1) is 18.3. The summed E-state index contributed by atoms with van der Waals surface area (Å²) in [6.07, 6.45) is 1.62. The Hall–Kier alpha value is -2.51. The number of rotatable bonds is 4. The van der Waals surface area contributed by atoms with Crippen LogP contribution in [0.25, 0.3) is 22.0 Å². The number of nitrogens with one attached hydrogen (secondary N) is 1. The molecule has 0 atom stereocenters. The summed E-state index contributed by atoms with van der Waals surface area (Å²) in [6, 6.07) is 5.43. The number of aryl methyl sites for hydroxylation is 1. The quantitative estimate of drug-likeness (QED) is 0.737. The summed E-state index contributed by atoms with van der Waals surface area (Å²) < 4.78 is 0. The molecular formula is C18H17ClN4O2S. The SMILES string of the molecule is CCN(C(C)=O)c1nc(/C=C(/Cl)c2nc3c(C)cccc3c(=O)[nH]2)cs1. The maximum atomic E-state index is 12.3. The van der Waals surface area contributed by atoms with Crippen molar-refractivity contribution in [1.29, 1.82) is 0 Å². The molecule has 0 spiro atoms. The number of aromatic amines is 1. The highest BCUT2D eigenvalue weighted by Gasteiger charge is 2.14. The van der Waals surface area contributed by atoms with Crippen molar-refractivity contribution in [3.8, 4) is 0 Å². The van der Waals surface area contributed by atoms with Gasteiger partial charge in [0.25, 0.3) is 5.56 Å². The number of carbonyl (C=O) groups excluding carboxylic acids is 1. The zero-order chi connectivity index (χ0) is 18.8. The standard InChI is InChI=1S/C18H17ClN4O2S/c1-4-23(11(3)24)18-20-12(9-26-18)8-14(19)16-21-15-10(2)6-5-7-13(15)17(25)22-16/h5-9H,4H2,1-3H3,(H,21,22,25)/b14-8+. The zero-order valence-electron chi connectivity index (χ0n) is 14.5. The van der Waals surface area contributed by atoms with Crippen molar-refractivity contribution in [2.75, 3.05) is 11.4 Å². The first-order valence-electron chi connectivity index (χ1n) is 8.01. The second-order valence-electron chi connectivity index (χ2n) is 5.70. The lowest BCUT2D eigenvalue weighted by Gasteiger charge is -2.14. The minimum atomic E-state index is -0.243. The predicted octanol–water partition coefficient (Wildman–Crippen LogP) is 3.80. The van der Waals surface area contributed by atoms with Crippen LogP contribution in [0.2, 0.25) is 0 Å². The normalized spacial score (nSPS) is 11.8. The maximum Gasteiger partial charge on any atom is 0.259 e. The minimum Gasteiger partial charge on any atom is -0.305 e. The molecule has 6 nitrogen and oxygen atoms in total. The lowest BCUT2D eigenvalue weighted by atomic mass is 10.1. The lowest BCUT2D eigenvalue weighted by Crippen LogP contribution is -2.27. The number of amides is 1. The molecule has 0 saturated carbocycles. The van der Waals surface area contributed by atoms with Gasteiger partial charge in [0, 0.05) is 18.8 Å². The van der Waals surface area contributed by atoms with Gasteiger partial charge in [0.2, 0.25) is 5.91 Å². The molecule has 0 bridgehead atoms. The van der Waals surface area contributed by atoms with E-state index in [0.717, 1.165) is 5.56 Å². The fourth-order valence-electron chi connectivity index (χ4n) is 2.58. The Kier molecular flexibility index (Phi) is 5.20. The molecule has 0 unspecified atom stereocenters. The van der Waals surface area contributed by atoms with Gasteiger partial charge >= 0.3 is 0 Å². The molecule has 8 heteroatoms. The average Bonchev–Trinajstić information content (AvgIpc) is 3.04. The van der Waals surface area contributed by atoms with E-state index in [2.05, 4.69) is 15.0 Å². The van der Waals surface area contributed by atoms with E-state index >= 15 is 0 Å². The van der Waals surface area contributed by atoms with Crippen LogP contribution >= 0.6 is 22.9 Å². The van der Waals surface area contributed by atoms with Crippen LogP contribution in [0.15, 0.2) is 28.4 Å². The Morgan fingerprint density at radius 2 is 2.15 bits per heavy atom. The van der Waals surface area contributed by atoms with Crippen molar-refractivity contribution in [1.82, 2.24) is 15.0 Å². The van der Waals surface area contributed by atoms with Gasteiger partial charge in [-0.15, -0.1) is 11.3 Å². The molecule has 1 amide bonds. The van der Waals surface area contributed by atoms with Gasteiger partial charge in [0.05, 0.1) is 21.6 Å². The number of para-hydroxylation sites is 1. The Labute approximate surface area is 159 Å². The molecule has 0 fully saturated rings. The summed E-state index contributed by atoms with van der Waals surface area (Å²) in [4.78, 5) is 37.1. The first-order valence-corrected chi connectivity index (χ1v) is 9.27. The van der Waals surface area contributed by atoms with Crippen molar-refractivity contribution < 1.29 is 4.79 Å². The Balaban J connectivity index is 1.99. The monoisotopic (exact) mass is 388 g/mol. The largest absolute Gasteiger partial charge is 0.305 e. The van der Waals surface area contributed by atoms with Gasteiger partial charge in [0.1, 0.15) is 0 Å². The van der Waals surface area contributed by atoms with Crippen LogP contribution in [0.4, 0.5) is 5.13 Å². The van der Waals surface area contributed by atoms with E-state index in [9.17, 15) is 9.59 Å². The van der Waals surface area contributed by atoms with Gasteiger partial charge in [-0.1, -0.05) is 23.7 Å². The molecule has 26 heavy (non-hydrogen) atoms. The van der Waals surface area contributed by atoms with Crippen LogP contribution in [0.3, 0.4) is 0 Å². The van der Waals surface area contributed by atoms with E-state index in [1.165, 1.54) is 18.3 Å². The van der Waals surface area contributed by atoms with E-state index in [0.29, 0.717) is 28.3 Å². The van der Waals surface area contributed by atoms with E-state index in [1.807, 2.05) is 26.0 Å². The van der Waals surface area contributed by atoms with Gasteiger partial charge in [-0.3, -0.25) is 14.5 Å². The molecule has 0 aliphatic heterocycles. The molecule has 3 rings (SSSR count). The Morgan fingerprint density at radius 3 is 2.85 bits per heavy atom. The fourth-order valence-corrected chi connectivity index (χ4v) is 3.67. The van der Waals surface area contributed by atoms with Crippen molar-refractivity contribution in [2.45, 2.75) is 20.8 Å².